The number of nitro benzene ring substituents is 1. The van der Waals surface area contributed by atoms with E-state index in [0.717, 1.165) is 0 Å². The maximum atomic E-state index is 10.6. The van der Waals surface area contributed by atoms with Crippen LogP contribution in [-0.4, -0.2) is 25.5 Å². The van der Waals surface area contributed by atoms with Crippen molar-refractivity contribution < 1.29 is 4.92 Å². The van der Waals surface area contributed by atoms with Crippen LogP contribution < -0.4 is 0 Å². The van der Waals surface area contributed by atoms with E-state index in [1.54, 1.807) is 6.07 Å². The quantitative estimate of drug-likeness (QED) is 0.616. The van der Waals surface area contributed by atoms with Crippen LogP contribution in [0.25, 0.3) is 11.4 Å². The minimum absolute atomic E-state index is 0.0762. The van der Waals surface area contributed by atoms with Gasteiger partial charge in [-0.3, -0.25) is 10.1 Å². The number of halogens is 1. The maximum Gasteiger partial charge on any atom is 0.288 e. The fourth-order valence-electron chi connectivity index (χ4n) is 1.08. The molecular weight excluding hydrogens is 222 g/mol. The number of nitrogens with one attached hydrogen (secondary N) is 1. The summed E-state index contributed by atoms with van der Waals surface area (Å²) >= 11 is 5.65. The Morgan fingerprint density at radius 3 is 2.87 bits per heavy atom. The molecule has 0 aliphatic carbocycles. The predicted molar refractivity (Wildman–Crippen MR) is 51.3 cm³/mol. The Hall–Kier alpha value is -2.02. The lowest BCUT2D eigenvalue weighted by molar-refractivity contribution is -0.384. The van der Waals surface area contributed by atoms with Gasteiger partial charge in [0.15, 0.2) is 0 Å². The second-order valence-electron chi connectivity index (χ2n) is 2.66. The van der Waals surface area contributed by atoms with Crippen LogP contribution in [0.5, 0.6) is 0 Å². The average Bonchev–Trinajstić information content (AvgIpc) is 2.71. The molecule has 7 nitrogen and oxygen atoms in total. The molecule has 1 aromatic carbocycles. The molecule has 0 aliphatic heterocycles. The highest BCUT2D eigenvalue weighted by atomic mass is 35.5. The largest absolute Gasteiger partial charge is 0.288 e. The van der Waals surface area contributed by atoms with Gasteiger partial charge in [0.1, 0.15) is 5.02 Å². The molecule has 1 N–H and O–H groups in total. The highest BCUT2D eigenvalue weighted by Crippen LogP contribution is 2.28. The summed E-state index contributed by atoms with van der Waals surface area (Å²) in [4.78, 5) is 10.0. The Labute approximate surface area is 88.2 Å². The van der Waals surface area contributed by atoms with E-state index >= 15 is 0 Å². The molecule has 0 amide bonds. The van der Waals surface area contributed by atoms with Crippen LogP contribution >= 0.6 is 11.6 Å². The van der Waals surface area contributed by atoms with Gasteiger partial charge in [0.25, 0.3) is 5.69 Å². The number of hydrogen-bond acceptors (Lipinski definition) is 5. The lowest BCUT2D eigenvalue weighted by atomic mass is 10.2. The first-order valence-corrected chi connectivity index (χ1v) is 4.24. The van der Waals surface area contributed by atoms with Crippen molar-refractivity contribution in [3.63, 3.8) is 0 Å². The Balaban J connectivity index is 2.52. The molecule has 1 aromatic heterocycles. The van der Waals surface area contributed by atoms with Crippen molar-refractivity contribution >= 4 is 17.3 Å². The van der Waals surface area contributed by atoms with E-state index in [0.29, 0.717) is 5.56 Å². The van der Waals surface area contributed by atoms with Crippen molar-refractivity contribution in [3.8, 4) is 11.4 Å². The van der Waals surface area contributed by atoms with Gasteiger partial charge in [-0.2, -0.15) is 5.21 Å². The fraction of sp³-hybridized carbons (Fsp3) is 0. The molecule has 0 aliphatic rings. The third-order valence-electron chi connectivity index (χ3n) is 1.75. The molecule has 15 heavy (non-hydrogen) atoms. The second kappa shape index (κ2) is 3.62. The van der Waals surface area contributed by atoms with E-state index in [9.17, 15) is 10.1 Å². The van der Waals surface area contributed by atoms with Crippen molar-refractivity contribution in [2.24, 2.45) is 0 Å². The Morgan fingerprint density at radius 1 is 1.47 bits per heavy atom. The van der Waals surface area contributed by atoms with E-state index in [1.807, 2.05) is 0 Å². The van der Waals surface area contributed by atoms with E-state index in [1.165, 1.54) is 12.1 Å². The van der Waals surface area contributed by atoms with Crippen molar-refractivity contribution in [2.45, 2.75) is 0 Å². The molecule has 1 heterocycles. The molecule has 0 spiro atoms. The summed E-state index contributed by atoms with van der Waals surface area (Å²) in [5.41, 5.74) is 0.304. The average molecular weight is 226 g/mol. The first-order chi connectivity index (χ1) is 7.18. The molecule has 0 atom stereocenters. The fourth-order valence-corrected chi connectivity index (χ4v) is 1.26. The summed E-state index contributed by atoms with van der Waals surface area (Å²) < 4.78 is 0. The number of aromatic nitrogens is 4. The summed E-state index contributed by atoms with van der Waals surface area (Å²) in [5.74, 6) is 0.287. The predicted octanol–water partition coefficient (Wildman–Crippen LogP) is 1.43. The summed E-state index contributed by atoms with van der Waals surface area (Å²) in [6, 6.07) is 4.30. The standard InChI is InChI=1S/C7H4ClN5O2/c8-5-2-1-4(3-6(5)13(14)15)7-9-11-12-10-7/h1-3H,(H,9,10,11,12). The molecule has 8 heteroatoms. The van der Waals surface area contributed by atoms with Crippen LogP contribution in [-0.2, 0) is 0 Å². The van der Waals surface area contributed by atoms with Crippen molar-refractivity contribution in [2.75, 3.05) is 0 Å². The highest BCUT2D eigenvalue weighted by molar-refractivity contribution is 6.32. The SMILES string of the molecule is O=[N+]([O-])c1cc(-c2nn[nH]n2)ccc1Cl. The lowest BCUT2D eigenvalue weighted by Gasteiger charge is -1.97. The van der Waals surface area contributed by atoms with Gasteiger partial charge in [-0.15, -0.1) is 10.2 Å². The lowest BCUT2D eigenvalue weighted by Crippen LogP contribution is -1.90. The highest BCUT2D eigenvalue weighted by Gasteiger charge is 2.14. The summed E-state index contributed by atoms with van der Waals surface area (Å²) in [6.07, 6.45) is 0. The Kier molecular flexibility index (Phi) is 2.30. The van der Waals surface area contributed by atoms with Crippen LogP contribution in [0.2, 0.25) is 5.02 Å². The number of rotatable bonds is 2. The van der Waals surface area contributed by atoms with Crippen molar-refractivity contribution in [3.05, 3.63) is 33.3 Å². The number of aromatic amines is 1. The molecule has 0 radical (unpaired) electrons. The van der Waals surface area contributed by atoms with Crippen LogP contribution in [0.1, 0.15) is 0 Å². The first kappa shape index (κ1) is 9.53. The summed E-state index contributed by atoms with van der Waals surface area (Å²) in [5, 5.41) is 23.7. The topological polar surface area (TPSA) is 97.6 Å². The Morgan fingerprint density at radius 2 is 2.27 bits per heavy atom. The van der Waals surface area contributed by atoms with E-state index in [2.05, 4.69) is 20.6 Å². The van der Waals surface area contributed by atoms with Gasteiger partial charge >= 0.3 is 0 Å². The molecule has 0 bridgehead atoms. The number of nitro groups is 1. The first-order valence-electron chi connectivity index (χ1n) is 3.86. The van der Waals surface area contributed by atoms with E-state index in [-0.39, 0.29) is 16.5 Å². The zero-order chi connectivity index (χ0) is 10.8. The smallest absolute Gasteiger partial charge is 0.258 e. The number of tetrazole rings is 1. The molecule has 0 saturated heterocycles. The summed E-state index contributed by atoms with van der Waals surface area (Å²) in [7, 11) is 0. The third-order valence-corrected chi connectivity index (χ3v) is 2.07. The monoisotopic (exact) mass is 225 g/mol. The van der Waals surface area contributed by atoms with Crippen LogP contribution in [0.4, 0.5) is 5.69 Å². The van der Waals surface area contributed by atoms with Gasteiger partial charge in [-0.25, -0.2) is 0 Å². The van der Waals surface area contributed by atoms with Crippen LogP contribution in [0.15, 0.2) is 18.2 Å². The molecular formula is C7H4ClN5O2. The zero-order valence-corrected chi connectivity index (χ0v) is 7.97. The number of hydrogen-bond donors (Lipinski definition) is 1. The third kappa shape index (κ3) is 1.77. The van der Waals surface area contributed by atoms with Gasteiger partial charge in [0.05, 0.1) is 4.92 Å². The normalized spacial score (nSPS) is 10.2. The van der Waals surface area contributed by atoms with Crippen LogP contribution in [0.3, 0.4) is 0 Å². The number of H-pyrrole nitrogens is 1. The van der Waals surface area contributed by atoms with Crippen molar-refractivity contribution in [1.82, 2.24) is 20.6 Å². The minimum Gasteiger partial charge on any atom is -0.258 e. The number of benzene rings is 1. The minimum atomic E-state index is -0.564. The molecule has 0 fully saturated rings. The zero-order valence-electron chi connectivity index (χ0n) is 7.22. The van der Waals surface area contributed by atoms with E-state index in [4.69, 9.17) is 11.6 Å². The van der Waals surface area contributed by atoms with Crippen molar-refractivity contribution in [1.29, 1.82) is 0 Å². The van der Waals surface area contributed by atoms with Gasteiger partial charge < -0.3 is 0 Å². The second-order valence-corrected chi connectivity index (χ2v) is 3.07. The molecule has 76 valence electrons. The molecule has 2 rings (SSSR count). The summed E-state index contributed by atoms with van der Waals surface area (Å²) in [6.45, 7) is 0. The van der Waals surface area contributed by atoms with E-state index < -0.39 is 4.92 Å². The molecule has 2 aromatic rings. The Bertz CT molecular complexity index is 498. The van der Waals surface area contributed by atoms with Gasteiger partial charge in [0, 0.05) is 11.6 Å². The molecule has 0 saturated carbocycles. The maximum absolute atomic E-state index is 10.6. The van der Waals surface area contributed by atoms with Gasteiger partial charge in [-0.1, -0.05) is 11.6 Å². The van der Waals surface area contributed by atoms with Gasteiger partial charge in [0.2, 0.25) is 5.82 Å². The number of nitrogens with zero attached hydrogens (tertiary/aromatic N) is 4. The van der Waals surface area contributed by atoms with Gasteiger partial charge in [-0.05, 0) is 17.3 Å². The molecule has 0 unspecified atom stereocenters. The van der Waals surface area contributed by atoms with Crippen LogP contribution in [0, 0.1) is 10.1 Å².